The van der Waals surface area contributed by atoms with Crippen molar-refractivity contribution in [1.82, 2.24) is 14.1 Å². The summed E-state index contributed by atoms with van der Waals surface area (Å²) < 4.78 is 13.4. The molecule has 0 atom stereocenters. The van der Waals surface area contributed by atoms with E-state index in [0.717, 1.165) is 117 Å². The van der Waals surface area contributed by atoms with Crippen LogP contribution < -0.4 is 9.30 Å². The zero-order chi connectivity index (χ0) is 57.3. The van der Waals surface area contributed by atoms with E-state index >= 15 is 0 Å². The summed E-state index contributed by atoms with van der Waals surface area (Å²) in [4.78, 5) is 5.16. The summed E-state index contributed by atoms with van der Waals surface area (Å²) in [6.45, 7) is 4.61. The Balaban J connectivity index is 0.00000638. The molecule has 0 bridgehead atoms. The number of hydrogen-bond donors (Lipinski definition) is 0. The van der Waals surface area contributed by atoms with Crippen molar-refractivity contribution in [2.24, 2.45) is 0 Å². The third-order valence-corrected chi connectivity index (χ3v) is 17.2. The number of imidazole rings is 1. The van der Waals surface area contributed by atoms with Crippen LogP contribution in [-0.4, -0.2) is 14.1 Å². The van der Waals surface area contributed by atoms with E-state index < -0.39 is 0 Å². The van der Waals surface area contributed by atoms with E-state index in [0.29, 0.717) is 11.5 Å². The molecule has 3 aromatic heterocycles. The molecule has 0 saturated heterocycles. The van der Waals surface area contributed by atoms with E-state index in [1.807, 2.05) is 24.4 Å². The molecule has 0 spiro atoms. The molecule has 0 unspecified atom stereocenters. The van der Waals surface area contributed by atoms with Crippen molar-refractivity contribution in [3.63, 3.8) is 0 Å². The fraction of sp³-hybridized carbons (Fsp3) is 0.0370. The second-order valence-electron chi connectivity index (χ2n) is 22.7. The second-order valence-corrected chi connectivity index (χ2v) is 22.7. The van der Waals surface area contributed by atoms with Crippen molar-refractivity contribution >= 4 is 32.8 Å². The van der Waals surface area contributed by atoms with Crippen LogP contribution in [0.3, 0.4) is 0 Å². The largest absolute Gasteiger partial charge is 0.510 e. The summed E-state index contributed by atoms with van der Waals surface area (Å²) in [5, 5.41) is 2.19. The number of ether oxygens (including phenoxy) is 1. The van der Waals surface area contributed by atoms with Crippen LogP contribution in [0, 0.1) is 18.5 Å². The number of hydrogen-bond acceptors (Lipinski definition) is 2. The molecule has 416 valence electrons. The van der Waals surface area contributed by atoms with Gasteiger partial charge in [-0.05, 0) is 143 Å². The fourth-order valence-corrected chi connectivity index (χ4v) is 13.0. The van der Waals surface area contributed by atoms with Crippen LogP contribution in [-0.2, 0) is 26.5 Å². The molecule has 6 heteroatoms. The molecule has 0 saturated carbocycles. The van der Waals surface area contributed by atoms with E-state index in [4.69, 9.17) is 9.72 Å². The summed E-state index contributed by atoms with van der Waals surface area (Å²) >= 11 is 0. The maximum Gasteiger partial charge on any atom is 0.268 e. The molecule has 3 heterocycles. The molecule has 16 rings (SSSR count). The maximum atomic E-state index is 6.85. The summed E-state index contributed by atoms with van der Waals surface area (Å²) in [7, 11) is 0. The van der Waals surface area contributed by atoms with Gasteiger partial charge >= 0.3 is 0 Å². The molecule has 87 heavy (non-hydrogen) atoms. The van der Waals surface area contributed by atoms with Crippen LogP contribution in [0.25, 0.3) is 128 Å². The Kier molecular flexibility index (Phi) is 13.4. The number of fused-ring (bicyclic) bond motifs is 7. The molecule has 5 nitrogen and oxygen atoms in total. The first-order valence-electron chi connectivity index (χ1n) is 29.3. The monoisotopic (exact) mass is 1290 g/mol. The van der Waals surface area contributed by atoms with Crippen LogP contribution in [0.4, 0.5) is 0 Å². The molecule has 0 fully saturated rings. The number of rotatable bonds is 11. The molecular formula is C81H54N4OPt-2. The molecule has 0 amide bonds. The first-order chi connectivity index (χ1) is 42.4. The van der Waals surface area contributed by atoms with E-state index in [9.17, 15) is 0 Å². The van der Waals surface area contributed by atoms with Crippen molar-refractivity contribution in [3.05, 3.63) is 321 Å². The Morgan fingerprint density at radius 1 is 0.391 bits per heavy atom. The summed E-state index contributed by atoms with van der Waals surface area (Å²) in [6.07, 6.45) is 5.98. The standard InChI is InChI=1S/C81H54N4O.Pt/c1-81(2)73-37-17-15-33-69(73)72-52-82-79(51-74(72)81)85-75-38-18-16-34-70(75)71-42-41-66(50-78(71)85)86-65-32-21-31-64(49-65)83-53-84(77-40-20-19-39-76(77)83)80-67(62-45-58(54-23-7-3-8-24-54)43-59(46-62)55-25-9-4-10-26-55)35-22-36-68(80)63-47-60(56-27-11-5-12-28-56)44-61(48-63)57-29-13-6-14-30-57;/h3-48,51-52H,1-2H3;/q-2;. The summed E-state index contributed by atoms with van der Waals surface area (Å²) in [5.41, 5.74) is 23.8. The third-order valence-electron chi connectivity index (χ3n) is 17.2. The fourth-order valence-electron chi connectivity index (χ4n) is 13.0. The molecular weight excluding hydrogens is 1240 g/mol. The van der Waals surface area contributed by atoms with Crippen LogP contribution in [0.15, 0.2) is 291 Å². The van der Waals surface area contributed by atoms with Gasteiger partial charge in [0.05, 0.1) is 16.7 Å². The average Bonchev–Trinajstić information content (AvgIpc) is 1.76. The number of pyridine rings is 1. The van der Waals surface area contributed by atoms with Crippen LogP contribution >= 0.6 is 0 Å². The topological polar surface area (TPSA) is 35.9 Å². The van der Waals surface area contributed by atoms with Gasteiger partial charge in [0.15, 0.2) is 0 Å². The Hall–Kier alpha value is -10.5. The molecule has 0 aliphatic heterocycles. The third kappa shape index (κ3) is 9.40. The molecule has 15 aromatic rings. The maximum absolute atomic E-state index is 6.85. The molecule has 1 aliphatic carbocycles. The van der Waals surface area contributed by atoms with Crippen LogP contribution in [0.2, 0.25) is 0 Å². The summed E-state index contributed by atoms with van der Waals surface area (Å²) in [5.74, 6) is 1.96. The SMILES string of the molecule is CC1(C)c2ccccc2-c2cnc(-n3c4[c-]c(Oc5[c-]c(-n6[c-][n+](-c7c(-c8cc(-c9ccccc9)cc(-c9ccccc9)c8)cccc7-c7cc(-c8ccccc8)cc(-c8ccccc8)c7)c7ccccc76)ccc5)ccc4c4ccccc43)cc21.[Pt]. The van der Waals surface area contributed by atoms with Crippen molar-refractivity contribution in [2.45, 2.75) is 19.3 Å². The quantitative estimate of drug-likeness (QED) is 0.0956. The minimum absolute atomic E-state index is 0. The van der Waals surface area contributed by atoms with Gasteiger partial charge in [-0.25, -0.2) is 4.98 Å². The van der Waals surface area contributed by atoms with Crippen LogP contribution in [0.5, 0.6) is 11.5 Å². The molecule has 0 N–H and O–H groups in total. The van der Waals surface area contributed by atoms with E-state index in [1.165, 1.54) is 22.3 Å². The van der Waals surface area contributed by atoms with E-state index in [1.54, 1.807) is 0 Å². The van der Waals surface area contributed by atoms with Crippen LogP contribution in [0.1, 0.15) is 25.0 Å². The Morgan fingerprint density at radius 3 is 1.49 bits per heavy atom. The minimum atomic E-state index is -0.184. The van der Waals surface area contributed by atoms with Crippen molar-refractivity contribution in [3.8, 4) is 107 Å². The minimum Gasteiger partial charge on any atom is -0.510 e. The van der Waals surface area contributed by atoms with Gasteiger partial charge in [-0.1, -0.05) is 226 Å². The van der Waals surface area contributed by atoms with Gasteiger partial charge in [-0.3, -0.25) is 4.57 Å². The molecule has 0 radical (unpaired) electrons. The number of nitrogens with zero attached hydrogens (tertiary/aromatic N) is 4. The zero-order valence-electron chi connectivity index (χ0n) is 47.7. The van der Waals surface area contributed by atoms with Crippen molar-refractivity contribution in [2.75, 3.05) is 0 Å². The van der Waals surface area contributed by atoms with Gasteiger partial charge in [0, 0.05) is 55.3 Å². The Bertz CT molecular complexity index is 4850. The second kappa shape index (κ2) is 21.9. The van der Waals surface area contributed by atoms with Gasteiger partial charge in [0.2, 0.25) is 0 Å². The van der Waals surface area contributed by atoms with Crippen molar-refractivity contribution in [1.29, 1.82) is 0 Å². The summed E-state index contributed by atoms with van der Waals surface area (Å²) in [6, 6.07) is 109. The van der Waals surface area contributed by atoms with Gasteiger partial charge in [-0.15, -0.1) is 29.7 Å². The van der Waals surface area contributed by atoms with E-state index in [2.05, 4.69) is 313 Å². The number of para-hydroxylation sites is 4. The van der Waals surface area contributed by atoms with Gasteiger partial charge in [0.1, 0.15) is 5.82 Å². The average molecular weight is 1290 g/mol. The first-order valence-corrected chi connectivity index (χ1v) is 29.3. The van der Waals surface area contributed by atoms with Gasteiger partial charge in [-0.2, -0.15) is 18.2 Å². The van der Waals surface area contributed by atoms with Gasteiger partial charge < -0.3 is 13.9 Å². The molecule has 12 aromatic carbocycles. The zero-order valence-corrected chi connectivity index (χ0v) is 50.0. The number of aromatic nitrogens is 4. The Labute approximate surface area is 520 Å². The predicted molar refractivity (Wildman–Crippen MR) is 350 cm³/mol. The number of benzene rings is 12. The van der Waals surface area contributed by atoms with E-state index in [-0.39, 0.29) is 26.5 Å². The molecule has 1 aliphatic rings. The Morgan fingerprint density at radius 2 is 0.885 bits per heavy atom. The normalized spacial score (nSPS) is 12.3. The van der Waals surface area contributed by atoms with Gasteiger partial charge in [0.25, 0.3) is 6.33 Å². The predicted octanol–water partition coefficient (Wildman–Crippen LogP) is 19.9. The van der Waals surface area contributed by atoms with Crippen molar-refractivity contribution < 1.29 is 30.4 Å². The first kappa shape index (κ1) is 53.3. The smallest absolute Gasteiger partial charge is 0.268 e.